The van der Waals surface area contributed by atoms with Crippen LogP contribution in [0.2, 0.25) is 15.1 Å². The first-order valence-electron chi connectivity index (χ1n) is 9.25. The average Bonchev–Trinajstić information content (AvgIpc) is 2.70. The molecule has 0 aliphatic carbocycles. The Morgan fingerprint density at radius 1 is 1.03 bits per heavy atom. The van der Waals surface area contributed by atoms with Gasteiger partial charge in [0.05, 0.1) is 15.1 Å². The van der Waals surface area contributed by atoms with E-state index in [1.807, 2.05) is 13.8 Å². The number of nitrogens with one attached hydrogen (secondary N) is 1. The highest BCUT2D eigenvalue weighted by Crippen LogP contribution is 2.25. The Balaban J connectivity index is 2.24. The van der Waals surface area contributed by atoms with Crippen LogP contribution in [-0.2, 0) is 16.1 Å². The fourth-order valence-corrected chi connectivity index (χ4v) is 3.34. The summed E-state index contributed by atoms with van der Waals surface area (Å²) >= 11 is 18.2. The van der Waals surface area contributed by atoms with Crippen molar-refractivity contribution in [1.82, 2.24) is 10.2 Å². The Morgan fingerprint density at radius 3 is 2.38 bits per heavy atom. The number of benzene rings is 2. The molecule has 5 nitrogen and oxygen atoms in total. The zero-order valence-electron chi connectivity index (χ0n) is 16.3. The third-order valence-electron chi connectivity index (χ3n) is 4.26. The Hall–Kier alpha value is -1.95. The van der Waals surface area contributed by atoms with Gasteiger partial charge in [-0.3, -0.25) is 9.59 Å². The molecule has 0 bridgehead atoms. The number of hydrogen-bond donors (Lipinski definition) is 1. The number of para-hydroxylation sites is 1. The van der Waals surface area contributed by atoms with Crippen LogP contribution < -0.4 is 10.1 Å². The van der Waals surface area contributed by atoms with E-state index >= 15 is 0 Å². The molecular formula is C21H23Cl3N2O3. The van der Waals surface area contributed by atoms with Crippen LogP contribution >= 0.6 is 34.8 Å². The highest BCUT2D eigenvalue weighted by molar-refractivity contribution is 6.42. The maximum atomic E-state index is 13.0. The van der Waals surface area contributed by atoms with Gasteiger partial charge in [0.2, 0.25) is 5.91 Å². The summed E-state index contributed by atoms with van der Waals surface area (Å²) in [5.41, 5.74) is 0.758. The molecule has 2 rings (SSSR count). The minimum Gasteiger partial charge on any atom is -0.482 e. The third kappa shape index (κ3) is 6.53. The normalized spacial score (nSPS) is 11.6. The zero-order chi connectivity index (χ0) is 21.4. The van der Waals surface area contributed by atoms with Gasteiger partial charge in [-0.2, -0.15) is 0 Å². The van der Waals surface area contributed by atoms with E-state index in [9.17, 15) is 9.59 Å². The molecule has 2 aromatic rings. The van der Waals surface area contributed by atoms with Crippen LogP contribution in [0.25, 0.3) is 0 Å². The van der Waals surface area contributed by atoms with Gasteiger partial charge in [-0.25, -0.2) is 0 Å². The van der Waals surface area contributed by atoms with Gasteiger partial charge in [0.15, 0.2) is 6.61 Å². The molecule has 0 aliphatic rings. The van der Waals surface area contributed by atoms with Crippen molar-refractivity contribution in [2.24, 2.45) is 0 Å². The molecule has 0 unspecified atom stereocenters. The second-order valence-electron chi connectivity index (χ2n) is 6.31. The molecule has 0 fully saturated rings. The third-order valence-corrected chi connectivity index (χ3v) is 5.31. The van der Waals surface area contributed by atoms with E-state index < -0.39 is 6.04 Å². The van der Waals surface area contributed by atoms with Crippen molar-refractivity contribution >= 4 is 46.6 Å². The van der Waals surface area contributed by atoms with E-state index in [4.69, 9.17) is 39.5 Å². The quantitative estimate of drug-likeness (QED) is 0.578. The van der Waals surface area contributed by atoms with E-state index in [1.165, 1.54) is 4.90 Å². The molecule has 156 valence electrons. The van der Waals surface area contributed by atoms with Crippen LogP contribution in [0.4, 0.5) is 0 Å². The molecule has 1 atom stereocenters. The van der Waals surface area contributed by atoms with Crippen LogP contribution in [0, 0.1) is 0 Å². The monoisotopic (exact) mass is 456 g/mol. The number of rotatable bonds is 9. The number of hydrogen-bond acceptors (Lipinski definition) is 3. The first-order valence-corrected chi connectivity index (χ1v) is 10.4. The highest BCUT2D eigenvalue weighted by atomic mass is 35.5. The first-order chi connectivity index (χ1) is 13.9. The number of carbonyl (C=O) groups excluding carboxylic acids is 2. The lowest BCUT2D eigenvalue weighted by molar-refractivity contribution is -0.142. The molecule has 0 aromatic heterocycles. The standard InChI is InChI=1S/C21H23Cl3N2O3/c1-3-18(21(28)25-4-2)26(12-14-9-10-15(22)17(24)11-14)20(27)13-29-19-8-6-5-7-16(19)23/h5-11,18H,3-4,12-13H2,1-2H3,(H,25,28)/t18-/m0/s1. The van der Waals surface area contributed by atoms with Crippen molar-refractivity contribution in [2.45, 2.75) is 32.9 Å². The van der Waals surface area contributed by atoms with Gasteiger partial charge in [-0.15, -0.1) is 0 Å². The van der Waals surface area contributed by atoms with E-state index in [2.05, 4.69) is 5.32 Å². The lowest BCUT2D eigenvalue weighted by Crippen LogP contribution is -2.50. The molecule has 29 heavy (non-hydrogen) atoms. The lowest BCUT2D eigenvalue weighted by Gasteiger charge is -2.30. The summed E-state index contributed by atoms with van der Waals surface area (Å²) in [7, 11) is 0. The zero-order valence-corrected chi connectivity index (χ0v) is 18.5. The van der Waals surface area contributed by atoms with Crippen molar-refractivity contribution in [3.63, 3.8) is 0 Å². The van der Waals surface area contributed by atoms with Crippen LogP contribution in [0.15, 0.2) is 42.5 Å². The molecule has 0 aliphatic heterocycles. The van der Waals surface area contributed by atoms with Gasteiger partial charge in [0, 0.05) is 13.1 Å². The Labute approximate surface area is 185 Å². The van der Waals surface area contributed by atoms with Crippen LogP contribution in [0.1, 0.15) is 25.8 Å². The summed E-state index contributed by atoms with van der Waals surface area (Å²) in [5, 5.41) is 4.00. The molecule has 0 saturated heterocycles. The van der Waals surface area contributed by atoms with Crippen LogP contribution in [0.3, 0.4) is 0 Å². The Kier molecular flexibility index (Phi) is 9.08. The topological polar surface area (TPSA) is 58.6 Å². The number of nitrogens with zero attached hydrogens (tertiary/aromatic N) is 1. The number of likely N-dealkylation sites (N-methyl/N-ethyl adjacent to an activating group) is 1. The van der Waals surface area contributed by atoms with E-state index in [-0.39, 0.29) is 25.0 Å². The van der Waals surface area contributed by atoms with Crippen LogP contribution in [-0.4, -0.2) is 35.9 Å². The van der Waals surface area contributed by atoms with E-state index in [1.54, 1.807) is 42.5 Å². The van der Waals surface area contributed by atoms with Gasteiger partial charge in [0.25, 0.3) is 5.91 Å². The molecule has 2 amide bonds. The van der Waals surface area contributed by atoms with Gasteiger partial charge < -0.3 is 15.0 Å². The molecular weight excluding hydrogens is 435 g/mol. The first kappa shape index (κ1) is 23.3. The molecule has 0 heterocycles. The predicted octanol–water partition coefficient (Wildman–Crippen LogP) is 4.97. The van der Waals surface area contributed by atoms with Crippen LogP contribution in [0.5, 0.6) is 5.75 Å². The van der Waals surface area contributed by atoms with Crippen molar-refractivity contribution in [3.8, 4) is 5.75 Å². The molecule has 2 aromatic carbocycles. The van der Waals surface area contributed by atoms with E-state index in [0.717, 1.165) is 5.56 Å². The maximum absolute atomic E-state index is 13.0. The van der Waals surface area contributed by atoms with Gasteiger partial charge in [-0.1, -0.05) is 59.9 Å². The van der Waals surface area contributed by atoms with Crippen molar-refractivity contribution in [3.05, 3.63) is 63.1 Å². The second-order valence-corrected chi connectivity index (χ2v) is 7.53. The number of halogens is 3. The fraction of sp³-hybridized carbons (Fsp3) is 0.333. The number of ether oxygens (including phenoxy) is 1. The van der Waals surface area contributed by atoms with Crippen molar-refractivity contribution < 1.29 is 14.3 Å². The summed E-state index contributed by atoms with van der Waals surface area (Å²) in [6.45, 7) is 4.10. The minimum atomic E-state index is -0.647. The van der Waals surface area contributed by atoms with Gasteiger partial charge in [-0.05, 0) is 43.2 Å². The number of carbonyl (C=O) groups is 2. The predicted molar refractivity (Wildman–Crippen MR) is 117 cm³/mol. The summed E-state index contributed by atoms with van der Waals surface area (Å²) in [6, 6.07) is 11.4. The molecule has 0 spiro atoms. The summed E-state index contributed by atoms with van der Waals surface area (Å²) in [4.78, 5) is 27.0. The highest BCUT2D eigenvalue weighted by Gasteiger charge is 2.28. The largest absolute Gasteiger partial charge is 0.482 e. The van der Waals surface area contributed by atoms with Gasteiger partial charge >= 0.3 is 0 Å². The van der Waals surface area contributed by atoms with Crippen molar-refractivity contribution in [2.75, 3.05) is 13.2 Å². The lowest BCUT2D eigenvalue weighted by atomic mass is 10.1. The second kappa shape index (κ2) is 11.3. The van der Waals surface area contributed by atoms with E-state index in [0.29, 0.717) is 33.8 Å². The smallest absolute Gasteiger partial charge is 0.261 e. The minimum absolute atomic E-state index is 0.192. The molecule has 8 heteroatoms. The summed E-state index contributed by atoms with van der Waals surface area (Å²) in [5.74, 6) is -0.154. The Bertz CT molecular complexity index is 861. The van der Waals surface area contributed by atoms with Crippen molar-refractivity contribution in [1.29, 1.82) is 0 Å². The Morgan fingerprint density at radius 2 is 1.76 bits per heavy atom. The van der Waals surface area contributed by atoms with Gasteiger partial charge in [0.1, 0.15) is 11.8 Å². The molecule has 0 saturated carbocycles. The molecule has 1 N–H and O–H groups in total. The average molecular weight is 458 g/mol. The SMILES string of the molecule is CCNC(=O)[C@H](CC)N(Cc1ccc(Cl)c(Cl)c1)C(=O)COc1ccccc1Cl. The summed E-state index contributed by atoms with van der Waals surface area (Å²) < 4.78 is 5.59. The fourth-order valence-electron chi connectivity index (χ4n) is 2.83. The maximum Gasteiger partial charge on any atom is 0.261 e. The molecule has 0 radical (unpaired) electrons. The number of amides is 2. The summed E-state index contributed by atoms with van der Waals surface area (Å²) in [6.07, 6.45) is 0.449.